The fourth-order valence-corrected chi connectivity index (χ4v) is 9.56. The number of nitrogens with zero attached hydrogens (tertiary/aromatic N) is 2. The molecular formula is C60H40N2. The van der Waals surface area contributed by atoms with Crippen molar-refractivity contribution in [3.8, 4) is 39.1 Å². The van der Waals surface area contributed by atoms with E-state index in [4.69, 9.17) is 0 Å². The van der Waals surface area contributed by atoms with Crippen LogP contribution in [0, 0.1) is 0 Å². The molecule has 0 amide bonds. The second-order valence-electron chi connectivity index (χ2n) is 16.1. The molecule has 62 heavy (non-hydrogen) atoms. The lowest BCUT2D eigenvalue weighted by molar-refractivity contribution is 1.19. The van der Waals surface area contributed by atoms with Gasteiger partial charge in [0.25, 0.3) is 0 Å². The average Bonchev–Trinajstić information content (AvgIpc) is 3.69. The number of fused-ring (bicyclic) bond motifs is 8. The highest BCUT2D eigenvalue weighted by Crippen LogP contribution is 2.44. The van der Waals surface area contributed by atoms with E-state index in [-0.39, 0.29) is 0 Å². The van der Waals surface area contributed by atoms with Crippen molar-refractivity contribution in [1.82, 2.24) is 4.57 Å². The van der Waals surface area contributed by atoms with Gasteiger partial charge in [0.2, 0.25) is 0 Å². The highest BCUT2D eigenvalue weighted by molar-refractivity contribution is 6.19. The zero-order chi connectivity index (χ0) is 41.0. The van der Waals surface area contributed by atoms with Crippen molar-refractivity contribution < 1.29 is 0 Å². The van der Waals surface area contributed by atoms with Gasteiger partial charge in [-0.2, -0.15) is 0 Å². The Morgan fingerprint density at radius 2 is 0.774 bits per heavy atom. The van der Waals surface area contributed by atoms with E-state index < -0.39 is 0 Å². The summed E-state index contributed by atoms with van der Waals surface area (Å²) in [6.07, 6.45) is 0. The number of hydrogen-bond donors (Lipinski definition) is 0. The van der Waals surface area contributed by atoms with Gasteiger partial charge in [-0.15, -0.1) is 0 Å². The van der Waals surface area contributed by atoms with Gasteiger partial charge >= 0.3 is 0 Å². The molecule has 0 aliphatic carbocycles. The molecule has 1 aromatic heterocycles. The van der Waals surface area contributed by atoms with E-state index in [9.17, 15) is 0 Å². The Kier molecular flexibility index (Phi) is 8.53. The number of rotatable bonds is 7. The second-order valence-corrected chi connectivity index (χ2v) is 16.1. The van der Waals surface area contributed by atoms with E-state index in [1.807, 2.05) is 0 Å². The first-order valence-electron chi connectivity index (χ1n) is 21.3. The Morgan fingerprint density at radius 3 is 1.47 bits per heavy atom. The third-order valence-electron chi connectivity index (χ3n) is 12.5. The highest BCUT2D eigenvalue weighted by atomic mass is 15.1. The van der Waals surface area contributed by atoms with Crippen molar-refractivity contribution in [1.29, 1.82) is 0 Å². The van der Waals surface area contributed by atoms with Crippen LogP contribution in [0.2, 0.25) is 0 Å². The van der Waals surface area contributed by atoms with E-state index in [0.29, 0.717) is 0 Å². The molecule has 0 aliphatic heterocycles. The summed E-state index contributed by atoms with van der Waals surface area (Å²) >= 11 is 0. The summed E-state index contributed by atoms with van der Waals surface area (Å²) in [6.45, 7) is 0. The number of anilines is 3. The van der Waals surface area contributed by atoms with Gasteiger partial charge in [0.05, 0.1) is 16.7 Å². The van der Waals surface area contributed by atoms with Crippen LogP contribution < -0.4 is 4.90 Å². The molecule has 1 heterocycles. The minimum Gasteiger partial charge on any atom is -0.310 e. The van der Waals surface area contributed by atoms with Gasteiger partial charge in [-0.1, -0.05) is 188 Å². The fraction of sp³-hybridized carbons (Fsp3) is 0. The Bertz CT molecular complexity index is 3600. The summed E-state index contributed by atoms with van der Waals surface area (Å²) in [5.74, 6) is 0. The van der Waals surface area contributed by atoms with Gasteiger partial charge in [0, 0.05) is 38.6 Å². The fourth-order valence-electron chi connectivity index (χ4n) is 9.56. The Hall–Kier alpha value is -8.20. The number of benzene rings is 11. The van der Waals surface area contributed by atoms with Gasteiger partial charge < -0.3 is 9.47 Å². The van der Waals surface area contributed by atoms with Crippen LogP contribution in [0.1, 0.15) is 0 Å². The summed E-state index contributed by atoms with van der Waals surface area (Å²) in [4.78, 5) is 2.42. The van der Waals surface area contributed by atoms with Crippen LogP contribution in [0.4, 0.5) is 17.1 Å². The van der Waals surface area contributed by atoms with Crippen molar-refractivity contribution in [2.75, 3.05) is 4.90 Å². The maximum Gasteiger partial charge on any atom is 0.0619 e. The smallest absolute Gasteiger partial charge is 0.0619 e. The molecule has 0 radical (unpaired) electrons. The van der Waals surface area contributed by atoms with Crippen molar-refractivity contribution in [3.63, 3.8) is 0 Å². The molecule has 0 fully saturated rings. The molecule has 0 bridgehead atoms. The van der Waals surface area contributed by atoms with Crippen LogP contribution in [0.3, 0.4) is 0 Å². The molecule has 2 heteroatoms. The maximum atomic E-state index is 2.44. The van der Waals surface area contributed by atoms with Crippen molar-refractivity contribution in [2.24, 2.45) is 0 Å². The lowest BCUT2D eigenvalue weighted by Gasteiger charge is -2.28. The van der Waals surface area contributed by atoms with Crippen LogP contribution in [-0.4, -0.2) is 4.57 Å². The number of aromatic nitrogens is 1. The zero-order valence-corrected chi connectivity index (χ0v) is 34.0. The highest BCUT2D eigenvalue weighted by Gasteiger charge is 2.19. The quantitative estimate of drug-likeness (QED) is 0.146. The van der Waals surface area contributed by atoms with Gasteiger partial charge in [-0.25, -0.2) is 0 Å². The molecule has 2 nitrogen and oxygen atoms in total. The maximum absolute atomic E-state index is 2.44. The van der Waals surface area contributed by atoms with Crippen LogP contribution in [-0.2, 0) is 0 Å². The first kappa shape index (κ1) is 35.7. The molecule has 12 rings (SSSR count). The van der Waals surface area contributed by atoms with Crippen LogP contribution in [0.5, 0.6) is 0 Å². The summed E-state index contributed by atoms with van der Waals surface area (Å²) < 4.78 is 2.44. The normalized spacial score (nSPS) is 11.5. The van der Waals surface area contributed by atoms with E-state index in [2.05, 4.69) is 252 Å². The SMILES string of the molecule is c1ccc(-c2cccc(-c3ccc(N(c4ccc(-c5ccc6c7ccc8ccccc8c7n(-c7ccccc7)c6c5)cc4)c4cc5ccccc5c5ccccc45)cc3)c2)cc1. The Balaban J connectivity index is 0.991. The monoisotopic (exact) mass is 788 g/mol. The first-order chi connectivity index (χ1) is 30.7. The molecule has 0 saturated heterocycles. The minimum atomic E-state index is 1.10. The van der Waals surface area contributed by atoms with E-state index in [0.717, 1.165) is 22.7 Å². The molecule has 0 saturated carbocycles. The van der Waals surface area contributed by atoms with Gasteiger partial charge in [0.15, 0.2) is 0 Å². The Labute approximate surface area is 360 Å². The molecule has 0 unspecified atom stereocenters. The van der Waals surface area contributed by atoms with Crippen molar-refractivity contribution >= 4 is 71.2 Å². The van der Waals surface area contributed by atoms with Gasteiger partial charge in [-0.3, -0.25) is 0 Å². The van der Waals surface area contributed by atoms with Crippen molar-refractivity contribution in [3.05, 3.63) is 243 Å². The number of hydrogen-bond acceptors (Lipinski definition) is 1. The molecule has 290 valence electrons. The Morgan fingerprint density at radius 1 is 0.274 bits per heavy atom. The third kappa shape index (κ3) is 6.04. The molecule has 0 atom stereocenters. The van der Waals surface area contributed by atoms with E-state index >= 15 is 0 Å². The van der Waals surface area contributed by atoms with Gasteiger partial charge in [0.1, 0.15) is 0 Å². The van der Waals surface area contributed by atoms with Crippen LogP contribution in [0.15, 0.2) is 243 Å². The standard InChI is InChI=1S/C60H40N2/c1-3-14-41(15-4-1)45-18-13-19-46(38-45)42-26-32-50(33-27-42)61(58-40-48-17-8-9-22-52(48)54-24-11-12-25-55(54)58)51-34-28-43(29-35-51)47-31-36-56-57-37-30-44-16-7-10-23-53(44)60(57)62(59(56)39-47)49-20-5-2-6-21-49/h1-40H. The minimum absolute atomic E-state index is 1.10. The molecule has 0 N–H and O–H groups in total. The van der Waals surface area contributed by atoms with Crippen LogP contribution in [0.25, 0.3) is 93.2 Å². The molecule has 0 spiro atoms. The first-order valence-corrected chi connectivity index (χ1v) is 21.3. The topological polar surface area (TPSA) is 8.17 Å². The van der Waals surface area contributed by atoms with E-state index in [1.54, 1.807) is 0 Å². The predicted molar refractivity (Wildman–Crippen MR) is 264 cm³/mol. The molecule has 0 aliphatic rings. The molecule has 11 aromatic carbocycles. The van der Waals surface area contributed by atoms with E-state index in [1.165, 1.54) is 87.5 Å². The molecular weight excluding hydrogens is 749 g/mol. The summed E-state index contributed by atoms with van der Waals surface area (Å²) in [5, 5.41) is 9.93. The predicted octanol–water partition coefficient (Wildman–Crippen LogP) is 16.7. The average molecular weight is 789 g/mol. The zero-order valence-electron chi connectivity index (χ0n) is 34.0. The summed E-state index contributed by atoms with van der Waals surface area (Å²) in [6, 6.07) is 88.4. The second kappa shape index (κ2) is 14.8. The molecule has 12 aromatic rings. The van der Waals surface area contributed by atoms with Crippen molar-refractivity contribution in [2.45, 2.75) is 0 Å². The number of para-hydroxylation sites is 1. The summed E-state index contributed by atoms with van der Waals surface area (Å²) in [5.41, 5.74) is 14.1. The lowest BCUT2D eigenvalue weighted by Crippen LogP contribution is -2.10. The van der Waals surface area contributed by atoms with Gasteiger partial charge in [-0.05, 0) is 110 Å². The third-order valence-corrected chi connectivity index (χ3v) is 12.5. The summed E-state index contributed by atoms with van der Waals surface area (Å²) in [7, 11) is 0. The van der Waals surface area contributed by atoms with Crippen LogP contribution >= 0.6 is 0 Å². The largest absolute Gasteiger partial charge is 0.310 e. The lowest BCUT2D eigenvalue weighted by atomic mass is 9.97.